The predicted octanol–water partition coefficient (Wildman–Crippen LogP) is 2.89. The van der Waals surface area contributed by atoms with Crippen molar-refractivity contribution in [3.8, 4) is 0 Å². The Morgan fingerprint density at radius 3 is 2.95 bits per heavy atom. The summed E-state index contributed by atoms with van der Waals surface area (Å²) in [6.45, 7) is 7.26. The maximum Gasteiger partial charge on any atom is 0.0897 e. The van der Waals surface area contributed by atoms with Gasteiger partial charge < -0.3 is 15.2 Å². The summed E-state index contributed by atoms with van der Waals surface area (Å²) < 4.78 is 5.47. The lowest BCUT2D eigenvalue weighted by molar-refractivity contribution is 0.0349. The largest absolute Gasteiger partial charge is 0.389 e. The molecule has 3 nitrogen and oxygen atoms in total. The van der Waals surface area contributed by atoms with Crippen LogP contribution in [0.15, 0.2) is 11.6 Å². The van der Waals surface area contributed by atoms with Gasteiger partial charge in [-0.25, -0.2) is 0 Å². The summed E-state index contributed by atoms with van der Waals surface area (Å²) in [5.74, 6) is 0.736. The number of hydrogen-bond acceptors (Lipinski definition) is 3. The van der Waals surface area contributed by atoms with E-state index in [2.05, 4.69) is 25.2 Å². The van der Waals surface area contributed by atoms with E-state index in [1.165, 1.54) is 25.7 Å². The van der Waals surface area contributed by atoms with E-state index >= 15 is 0 Å². The molecule has 0 saturated carbocycles. The van der Waals surface area contributed by atoms with Crippen LogP contribution in [0, 0.1) is 5.92 Å². The lowest BCUT2D eigenvalue weighted by Gasteiger charge is -2.13. The molecule has 1 unspecified atom stereocenters. The van der Waals surface area contributed by atoms with E-state index in [1.54, 1.807) is 5.57 Å². The maximum atomic E-state index is 9.75. The molecule has 0 amide bonds. The lowest BCUT2D eigenvalue weighted by Crippen LogP contribution is -2.31. The van der Waals surface area contributed by atoms with Crippen molar-refractivity contribution in [2.24, 2.45) is 5.92 Å². The number of rotatable bonds is 11. The molecule has 2 N–H and O–H groups in total. The van der Waals surface area contributed by atoms with Crippen molar-refractivity contribution in [2.75, 3.05) is 26.3 Å². The Bertz CT molecular complexity index is 251. The standard InChI is InChI=1S/C16H31NO2/c1-14(2)6-5-11-19-13-16(18)12-17-10-9-15-7-3-4-8-15/h7,14,16-18H,3-6,8-13H2,1-2H3. The van der Waals surface area contributed by atoms with Crippen LogP contribution in [0.3, 0.4) is 0 Å². The minimum Gasteiger partial charge on any atom is -0.389 e. The van der Waals surface area contributed by atoms with Gasteiger partial charge in [-0.15, -0.1) is 0 Å². The first-order valence-corrected chi connectivity index (χ1v) is 7.83. The van der Waals surface area contributed by atoms with Gasteiger partial charge in [0.05, 0.1) is 12.7 Å². The molecule has 0 heterocycles. The van der Waals surface area contributed by atoms with E-state index in [-0.39, 0.29) is 6.10 Å². The second kappa shape index (κ2) is 10.4. The van der Waals surface area contributed by atoms with E-state index in [0.29, 0.717) is 13.2 Å². The highest BCUT2D eigenvalue weighted by molar-refractivity contribution is 5.07. The molecule has 0 aromatic rings. The van der Waals surface area contributed by atoms with E-state index in [9.17, 15) is 5.11 Å². The van der Waals surface area contributed by atoms with Crippen LogP contribution in [0.2, 0.25) is 0 Å². The Kier molecular flexibility index (Phi) is 9.14. The van der Waals surface area contributed by atoms with Crippen LogP contribution in [0.1, 0.15) is 52.4 Å². The first-order chi connectivity index (χ1) is 9.18. The summed E-state index contributed by atoms with van der Waals surface area (Å²) in [6.07, 6.45) is 9.23. The third-order valence-corrected chi connectivity index (χ3v) is 3.52. The molecule has 0 saturated heterocycles. The van der Waals surface area contributed by atoms with Crippen molar-refractivity contribution in [1.29, 1.82) is 0 Å². The van der Waals surface area contributed by atoms with Gasteiger partial charge in [-0.2, -0.15) is 0 Å². The molecular weight excluding hydrogens is 238 g/mol. The van der Waals surface area contributed by atoms with E-state index in [0.717, 1.165) is 31.9 Å². The second-order valence-electron chi connectivity index (χ2n) is 5.97. The third-order valence-electron chi connectivity index (χ3n) is 3.52. The molecule has 1 rings (SSSR count). The zero-order valence-corrected chi connectivity index (χ0v) is 12.7. The van der Waals surface area contributed by atoms with Gasteiger partial charge in [0.2, 0.25) is 0 Å². The smallest absolute Gasteiger partial charge is 0.0897 e. The molecule has 0 aromatic carbocycles. The zero-order valence-electron chi connectivity index (χ0n) is 12.7. The van der Waals surface area contributed by atoms with Crippen LogP contribution in [0.5, 0.6) is 0 Å². The highest BCUT2D eigenvalue weighted by atomic mass is 16.5. The summed E-state index contributed by atoms with van der Waals surface area (Å²) in [5, 5.41) is 13.0. The van der Waals surface area contributed by atoms with Crippen molar-refractivity contribution >= 4 is 0 Å². The van der Waals surface area contributed by atoms with Crippen LogP contribution in [0.25, 0.3) is 0 Å². The highest BCUT2D eigenvalue weighted by Crippen LogP contribution is 2.19. The van der Waals surface area contributed by atoms with Crippen LogP contribution < -0.4 is 5.32 Å². The Morgan fingerprint density at radius 1 is 1.42 bits per heavy atom. The summed E-state index contributed by atoms with van der Waals surface area (Å²) in [6, 6.07) is 0. The van der Waals surface area contributed by atoms with E-state index in [1.807, 2.05) is 0 Å². The first-order valence-electron chi connectivity index (χ1n) is 7.83. The number of allylic oxidation sites excluding steroid dienone is 1. The van der Waals surface area contributed by atoms with Crippen LogP contribution in [0.4, 0.5) is 0 Å². The van der Waals surface area contributed by atoms with Crippen LogP contribution >= 0.6 is 0 Å². The Morgan fingerprint density at radius 2 is 2.26 bits per heavy atom. The number of hydrogen-bond donors (Lipinski definition) is 2. The topological polar surface area (TPSA) is 41.5 Å². The van der Waals surface area contributed by atoms with Gasteiger partial charge in [-0.1, -0.05) is 25.5 Å². The van der Waals surface area contributed by atoms with Gasteiger partial charge in [0.25, 0.3) is 0 Å². The normalized spacial score (nSPS) is 16.9. The van der Waals surface area contributed by atoms with Gasteiger partial charge >= 0.3 is 0 Å². The van der Waals surface area contributed by atoms with Crippen LogP contribution in [-0.2, 0) is 4.74 Å². The monoisotopic (exact) mass is 269 g/mol. The number of nitrogens with one attached hydrogen (secondary N) is 1. The van der Waals surface area contributed by atoms with Gasteiger partial charge in [-0.3, -0.25) is 0 Å². The molecular formula is C16H31NO2. The fraction of sp³-hybridized carbons (Fsp3) is 0.875. The van der Waals surface area contributed by atoms with Crippen LogP contribution in [-0.4, -0.2) is 37.5 Å². The highest BCUT2D eigenvalue weighted by Gasteiger charge is 2.06. The average molecular weight is 269 g/mol. The predicted molar refractivity (Wildman–Crippen MR) is 80.3 cm³/mol. The Balaban J connectivity index is 1.86. The van der Waals surface area contributed by atoms with Crippen molar-refractivity contribution in [3.05, 3.63) is 11.6 Å². The molecule has 19 heavy (non-hydrogen) atoms. The Labute approximate surface area is 118 Å². The van der Waals surface area contributed by atoms with Gasteiger partial charge in [0.1, 0.15) is 0 Å². The van der Waals surface area contributed by atoms with E-state index in [4.69, 9.17) is 4.74 Å². The summed E-state index contributed by atoms with van der Waals surface area (Å²) in [7, 11) is 0. The Hall–Kier alpha value is -0.380. The quantitative estimate of drug-likeness (QED) is 0.448. The molecule has 0 radical (unpaired) electrons. The summed E-state index contributed by atoms with van der Waals surface area (Å²) in [4.78, 5) is 0. The molecule has 3 heteroatoms. The van der Waals surface area contributed by atoms with Crippen molar-refractivity contribution in [2.45, 2.75) is 58.5 Å². The number of aliphatic hydroxyl groups is 1. The SMILES string of the molecule is CC(C)CCCOCC(O)CNCCC1=CCCC1. The third kappa shape index (κ3) is 9.20. The fourth-order valence-corrected chi connectivity index (χ4v) is 2.35. The first kappa shape index (κ1) is 16.7. The molecule has 1 aliphatic rings. The maximum absolute atomic E-state index is 9.75. The van der Waals surface area contributed by atoms with Crippen molar-refractivity contribution < 1.29 is 9.84 Å². The molecule has 112 valence electrons. The van der Waals surface area contributed by atoms with Gasteiger partial charge in [-0.05, 0) is 51.0 Å². The summed E-state index contributed by atoms with van der Waals surface area (Å²) >= 11 is 0. The van der Waals surface area contributed by atoms with Gasteiger partial charge in [0, 0.05) is 13.2 Å². The molecule has 1 atom stereocenters. The summed E-state index contributed by atoms with van der Waals surface area (Å²) in [5.41, 5.74) is 1.58. The minimum atomic E-state index is -0.378. The van der Waals surface area contributed by atoms with E-state index < -0.39 is 0 Å². The fourth-order valence-electron chi connectivity index (χ4n) is 2.35. The lowest BCUT2D eigenvalue weighted by atomic mass is 10.1. The number of aliphatic hydroxyl groups excluding tert-OH is 1. The van der Waals surface area contributed by atoms with Gasteiger partial charge in [0.15, 0.2) is 0 Å². The molecule has 0 aromatic heterocycles. The second-order valence-corrected chi connectivity index (χ2v) is 5.97. The molecule has 0 fully saturated rings. The minimum absolute atomic E-state index is 0.378. The molecule has 1 aliphatic carbocycles. The van der Waals surface area contributed by atoms with Crippen molar-refractivity contribution in [1.82, 2.24) is 5.32 Å². The molecule has 0 spiro atoms. The zero-order chi connectivity index (χ0) is 13.9. The molecule has 0 bridgehead atoms. The van der Waals surface area contributed by atoms with Crippen molar-refractivity contribution in [3.63, 3.8) is 0 Å². The number of ether oxygens (including phenoxy) is 1. The molecule has 0 aliphatic heterocycles. The average Bonchev–Trinajstić information content (AvgIpc) is 2.87.